The zero-order chi connectivity index (χ0) is 19.3. The van der Waals surface area contributed by atoms with Crippen molar-refractivity contribution in [3.05, 3.63) is 29.8 Å². The molecule has 1 aromatic carbocycles. The molecule has 1 atom stereocenters. The van der Waals surface area contributed by atoms with Gasteiger partial charge in [-0.3, -0.25) is 14.4 Å². The molecule has 142 valence electrons. The molecule has 2 N–H and O–H groups in total. The minimum atomic E-state index is -0.871. The fourth-order valence-corrected chi connectivity index (χ4v) is 3.75. The Morgan fingerprint density at radius 3 is 2.63 bits per heavy atom. The van der Waals surface area contributed by atoms with Gasteiger partial charge >= 0.3 is 5.97 Å². The van der Waals surface area contributed by atoms with Crippen molar-refractivity contribution in [1.29, 1.82) is 5.26 Å². The molecule has 2 aliphatic rings. The Bertz CT molecular complexity index is 776. The summed E-state index contributed by atoms with van der Waals surface area (Å²) in [6.45, 7) is -0.446. The molecule has 2 amide bonds. The summed E-state index contributed by atoms with van der Waals surface area (Å²) in [6.07, 6.45) is 5.00. The van der Waals surface area contributed by atoms with Gasteiger partial charge in [-0.25, -0.2) is 0 Å². The Kier molecular flexibility index (Phi) is 5.75. The van der Waals surface area contributed by atoms with E-state index in [0.29, 0.717) is 18.5 Å². The molecule has 1 aliphatic carbocycles. The highest BCUT2D eigenvalue weighted by molar-refractivity contribution is 6.04. The molecule has 0 saturated heterocycles. The zero-order valence-corrected chi connectivity index (χ0v) is 15.1. The van der Waals surface area contributed by atoms with Crippen LogP contribution in [0, 0.1) is 11.3 Å². The highest BCUT2D eigenvalue weighted by Crippen LogP contribution is 2.34. The Morgan fingerprint density at radius 1 is 1.22 bits per heavy atom. The van der Waals surface area contributed by atoms with E-state index < -0.39 is 29.9 Å². The van der Waals surface area contributed by atoms with Gasteiger partial charge in [0.15, 0.2) is 6.61 Å². The normalized spacial score (nSPS) is 20.6. The van der Waals surface area contributed by atoms with Gasteiger partial charge in [-0.2, -0.15) is 5.26 Å². The number of benzene rings is 1. The number of nitriles is 1. The Morgan fingerprint density at radius 2 is 1.93 bits per heavy atom. The molecule has 1 aromatic rings. The first-order valence-electron chi connectivity index (χ1n) is 9.31. The smallest absolute Gasteiger partial charge is 0.307 e. The molecule has 1 saturated carbocycles. The predicted molar refractivity (Wildman–Crippen MR) is 97.6 cm³/mol. The van der Waals surface area contributed by atoms with E-state index in [4.69, 9.17) is 4.74 Å². The van der Waals surface area contributed by atoms with Crippen molar-refractivity contribution in [2.24, 2.45) is 0 Å². The molecular weight excluding hydrogens is 346 g/mol. The lowest BCUT2D eigenvalue weighted by Crippen LogP contribution is -2.48. The zero-order valence-electron chi connectivity index (χ0n) is 15.1. The molecule has 0 bridgehead atoms. The largest absolute Gasteiger partial charge is 0.456 e. The van der Waals surface area contributed by atoms with Crippen LogP contribution in [0.3, 0.4) is 0 Å². The first-order chi connectivity index (χ1) is 13.0. The number of hydrogen-bond donors (Lipinski definition) is 2. The van der Waals surface area contributed by atoms with E-state index in [0.717, 1.165) is 31.2 Å². The number of ether oxygens (including phenoxy) is 1. The molecule has 3 rings (SSSR count). The molecule has 7 nitrogen and oxygen atoms in total. The molecule has 0 radical (unpaired) electrons. The number of esters is 1. The average Bonchev–Trinajstić information content (AvgIpc) is 2.83. The minimum absolute atomic E-state index is 0.125. The maximum Gasteiger partial charge on any atom is 0.307 e. The Balaban J connectivity index is 1.51. The second-order valence-electron chi connectivity index (χ2n) is 7.15. The van der Waals surface area contributed by atoms with E-state index in [1.165, 1.54) is 0 Å². The number of para-hydroxylation sites is 1. The van der Waals surface area contributed by atoms with Crippen molar-refractivity contribution in [1.82, 2.24) is 5.32 Å². The number of anilines is 1. The number of nitrogens with one attached hydrogen (secondary N) is 2. The van der Waals surface area contributed by atoms with E-state index in [-0.39, 0.29) is 12.3 Å². The lowest BCUT2D eigenvalue weighted by atomic mass is 9.92. The van der Waals surface area contributed by atoms with Crippen LogP contribution in [-0.4, -0.2) is 29.9 Å². The number of fused-ring (bicyclic) bond motifs is 1. The quantitative estimate of drug-likeness (QED) is 0.612. The number of amides is 2. The van der Waals surface area contributed by atoms with E-state index in [9.17, 15) is 19.6 Å². The van der Waals surface area contributed by atoms with Gasteiger partial charge in [-0.05, 0) is 24.5 Å². The van der Waals surface area contributed by atoms with Crippen LogP contribution >= 0.6 is 0 Å². The topological polar surface area (TPSA) is 108 Å². The summed E-state index contributed by atoms with van der Waals surface area (Å²) >= 11 is 0. The number of hydrogen-bond acceptors (Lipinski definition) is 5. The highest BCUT2D eigenvalue weighted by atomic mass is 16.5. The molecule has 1 fully saturated rings. The van der Waals surface area contributed by atoms with Gasteiger partial charge < -0.3 is 15.4 Å². The fourth-order valence-electron chi connectivity index (χ4n) is 3.75. The van der Waals surface area contributed by atoms with Crippen LogP contribution in [0.1, 0.15) is 56.4 Å². The maximum atomic E-state index is 12.2. The first kappa shape index (κ1) is 18.9. The molecule has 0 aromatic heterocycles. The summed E-state index contributed by atoms with van der Waals surface area (Å²) in [6, 6.07) is 9.41. The second kappa shape index (κ2) is 8.21. The maximum absolute atomic E-state index is 12.2. The second-order valence-corrected chi connectivity index (χ2v) is 7.15. The molecule has 0 spiro atoms. The summed E-state index contributed by atoms with van der Waals surface area (Å²) < 4.78 is 5.05. The van der Waals surface area contributed by atoms with Gasteiger partial charge in [0.2, 0.25) is 5.91 Å². The summed E-state index contributed by atoms with van der Waals surface area (Å²) in [5, 5.41) is 15.0. The number of carbonyl (C=O) groups excluding carboxylic acids is 3. The van der Waals surface area contributed by atoms with Crippen LogP contribution in [0.5, 0.6) is 0 Å². The number of carbonyl (C=O) groups is 3. The minimum Gasteiger partial charge on any atom is -0.456 e. The van der Waals surface area contributed by atoms with Crippen LogP contribution in [-0.2, 0) is 19.1 Å². The molecule has 1 aliphatic heterocycles. The third-order valence-electron chi connectivity index (χ3n) is 5.20. The first-order valence-corrected chi connectivity index (χ1v) is 9.31. The molecule has 7 heteroatoms. The number of rotatable bonds is 5. The van der Waals surface area contributed by atoms with E-state index >= 15 is 0 Å². The van der Waals surface area contributed by atoms with Crippen molar-refractivity contribution in [3.63, 3.8) is 0 Å². The van der Waals surface area contributed by atoms with Crippen LogP contribution in [0.4, 0.5) is 5.69 Å². The van der Waals surface area contributed by atoms with Gasteiger partial charge in [0.1, 0.15) is 5.54 Å². The third-order valence-corrected chi connectivity index (χ3v) is 5.20. The van der Waals surface area contributed by atoms with Gasteiger partial charge in [-0.1, -0.05) is 43.9 Å². The SMILES string of the molecule is N#CC1(NC(=O)COC(=O)C[C@@H]2C(=O)Nc3ccccc32)CCCCCC1. The number of nitrogens with zero attached hydrogens (tertiary/aromatic N) is 1. The van der Waals surface area contributed by atoms with Gasteiger partial charge in [0.05, 0.1) is 18.4 Å². The van der Waals surface area contributed by atoms with Gasteiger partial charge in [0, 0.05) is 5.69 Å². The van der Waals surface area contributed by atoms with Crippen molar-refractivity contribution < 1.29 is 19.1 Å². The summed E-state index contributed by atoms with van der Waals surface area (Å²) in [5.41, 5.74) is 0.581. The average molecular weight is 369 g/mol. The monoisotopic (exact) mass is 369 g/mol. The van der Waals surface area contributed by atoms with Crippen LogP contribution < -0.4 is 10.6 Å². The molecule has 0 unspecified atom stereocenters. The highest BCUT2D eigenvalue weighted by Gasteiger charge is 2.34. The molecule has 1 heterocycles. The standard InChI is InChI=1S/C20H23N3O4/c21-13-20(9-5-1-2-6-10-20)23-17(24)12-27-18(25)11-15-14-7-3-4-8-16(14)22-19(15)26/h3-4,7-8,15H,1-2,5-6,9-12H2,(H,22,26)(H,23,24)/t15-/m0/s1. The summed E-state index contributed by atoms with van der Waals surface area (Å²) in [4.78, 5) is 36.3. The van der Waals surface area contributed by atoms with Crippen LogP contribution in [0.25, 0.3) is 0 Å². The Hall–Kier alpha value is -2.88. The van der Waals surface area contributed by atoms with Crippen LogP contribution in [0.15, 0.2) is 24.3 Å². The molecular formula is C20H23N3O4. The van der Waals surface area contributed by atoms with E-state index in [2.05, 4.69) is 16.7 Å². The van der Waals surface area contributed by atoms with E-state index in [1.54, 1.807) is 18.2 Å². The van der Waals surface area contributed by atoms with Crippen LogP contribution in [0.2, 0.25) is 0 Å². The third kappa shape index (κ3) is 4.45. The van der Waals surface area contributed by atoms with Gasteiger partial charge in [0.25, 0.3) is 5.91 Å². The predicted octanol–water partition coefficient (Wildman–Crippen LogP) is 2.39. The summed E-state index contributed by atoms with van der Waals surface area (Å²) in [5.74, 6) is -1.96. The van der Waals surface area contributed by atoms with Crippen molar-refractivity contribution >= 4 is 23.5 Å². The fraction of sp³-hybridized carbons (Fsp3) is 0.500. The lowest BCUT2D eigenvalue weighted by Gasteiger charge is -2.26. The van der Waals surface area contributed by atoms with E-state index in [1.807, 2.05) is 6.07 Å². The lowest BCUT2D eigenvalue weighted by molar-refractivity contribution is -0.149. The summed E-state index contributed by atoms with van der Waals surface area (Å²) in [7, 11) is 0. The van der Waals surface area contributed by atoms with Crippen molar-refractivity contribution in [2.75, 3.05) is 11.9 Å². The molecule has 27 heavy (non-hydrogen) atoms. The Labute approximate surface area is 158 Å². The van der Waals surface area contributed by atoms with Crippen molar-refractivity contribution in [2.45, 2.75) is 56.4 Å². The van der Waals surface area contributed by atoms with Crippen molar-refractivity contribution in [3.8, 4) is 6.07 Å². The van der Waals surface area contributed by atoms with Gasteiger partial charge in [-0.15, -0.1) is 0 Å².